The van der Waals surface area contributed by atoms with E-state index in [1.807, 2.05) is 66.4 Å². The highest BCUT2D eigenvalue weighted by atomic mass is 19.4. The van der Waals surface area contributed by atoms with Crippen molar-refractivity contribution in [1.29, 1.82) is 0 Å². The quantitative estimate of drug-likeness (QED) is 0.506. The van der Waals surface area contributed by atoms with Crippen molar-refractivity contribution in [3.8, 4) is 0 Å². The molecule has 1 saturated heterocycles. The lowest BCUT2D eigenvalue weighted by molar-refractivity contribution is -0.137. The van der Waals surface area contributed by atoms with Crippen LogP contribution >= 0.6 is 0 Å². The summed E-state index contributed by atoms with van der Waals surface area (Å²) >= 11 is 0. The minimum absolute atomic E-state index is 0.0713. The number of aliphatic imine (C=N–C) groups is 1. The lowest BCUT2D eigenvalue weighted by Crippen LogP contribution is -2.53. The van der Waals surface area contributed by atoms with Crippen LogP contribution in [-0.2, 0) is 17.4 Å². The molecule has 8 heteroatoms. The topological polar surface area (TPSA) is 39.2 Å². The van der Waals surface area contributed by atoms with Gasteiger partial charge < -0.3 is 9.80 Å². The number of carbonyl (C=O) groups excluding carboxylic acids is 1. The number of rotatable bonds is 4. The molecule has 0 aliphatic carbocycles. The number of hydrogen-bond donors (Lipinski definition) is 0. The Labute approximate surface area is 208 Å². The summed E-state index contributed by atoms with van der Waals surface area (Å²) in [5.74, 6) is 0.534. The maximum absolute atomic E-state index is 13.5. The molecule has 186 valence electrons. The molecule has 2 aliphatic heterocycles. The fourth-order valence-corrected chi connectivity index (χ4v) is 4.67. The van der Waals surface area contributed by atoms with Gasteiger partial charge in [-0.05, 0) is 42.8 Å². The van der Waals surface area contributed by atoms with Crippen molar-refractivity contribution in [2.45, 2.75) is 25.6 Å². The number of guanidine groups is 1. The van der Waals surface area contributed by atoms with E-state index >= 15 is 0 Å². The molecule has 1 atom stereocenters. The zero-order chi connectivity index (χ0) is 25.3. The first-order valence-electron chi connectivity index (χ1n) is 12.0. The van der Waals surface area contributed by atoms with E-state index in [1.54, 1.807) is 11.0 Å². The average Bonchev–Trinajstić information content (AvgIpc) is 3.20. The molecule has 3 aromatic carbocycles. The predicted molar refractivity (Wildman–Crippen MR) is 135 cm³/mol. The number of amides is 1. The van der Waals surface area contributed by atoms with Gasteiger partial charge in [0, 0.05) is 38.3 Å². The van der Waals surface area contributed by atoms with Gasteiger partial charge in [0.1, 0.15) is 6.04 Å². The molecule has 2 heterocycles. The lowest BCUT2D eigenvalue weighted by Gasteiger charge is -2.38. The van der Waals surface area contributed by atoms with Gasteiger partial charge in [-0.3, -0.25) is 4.79 Å². The molecule has 0 spiro atoms. The van der Waals surface area contributed by atoms with Crippen molar-refractivity contribution in [3.05, 3.63) is 95.6 Å². The van der Waals surface area contributed by atoms with Crippen molar-refractivity contribution in [3.63, 3.8) is 0 Å². The van der Waals surface area contributed by atoms with Gasteiger partial charge in [0.25, 0.3) is 5.91 Å². The molecule has 2 aliphatic rings. The van der Waals surface area contributed by atoms with Gasteiger partial charge in [-0.15, -0.1) is 0 Å². The van der Waals surface area contributed by atoms with Crippen LogP contribution in [0.15, 0.2) is 83.9 Å². The minimum atomic E-state index is -4.38. The number of hydrogen-bond acceptors (Lipinski definition) is 4. The monoisotopic (exact) mass is 492 g/mol. The minimum Gasteiger partial charge on any atom is -0.368 e. The molecule has 0 N–H and O–H groups in total. The van der Waals surface area contributed by atoms with Crippen LogP contribution < -0.4 is 9.80 Å². The number of benzene rings is 3. The normalized spacial score (nSPS) is 18.6. The summed E-state index contributed by atoms with van der Waals surface area (Å²) in [6.45, 7) is 4.14. The Bertz CT molecular complexity index is 1250. The third-order valence-corrected chi connectivity index (χ3v) is 6.64. The van der Waals surface area contributed by atoms with Gasteiger partial charge in [0.05, 0.1) is 11.3 Å². The highest BCUT2D eigenvalue weighted by Gasteiger charge is 2.39. The van der Waals surface area contributed by atoms with Crippen LogP contribution in [0.4, 0.5) is 24.5 Å². The Hall–Kier alpha value is -3.81. The van der Waals surface area contributed by atoms with Crippen molar-refractivity contribution < 1.29 is 18.0 Å². The van der Waals surface area contributed by atoms with E-state index in [9.17, 15) is 18.0 Å². The summed E-state index contributed by atoms with van der Waals surface area (Å²) in [6.07, 6.45) is -3.87. The Morgan fingerprint density at radius 3 is 2.17 bits per heavy atom. The SMILES string of the molecule is Cc1ccc(N2C(=O)C(Cc3ccccc3)N=C2N2CCN(c3cccc(C(F)(F)F)c3)CC2)cc1. The summed E-state index contributed by atoms with van der Waals surface area (Å²) in [5, 5.41) is 0. The van der Waals surface area contributed by atoms with Crippen LogP contribution in [0.25, 0.3) is 0 Å². The van der Waals surface area contributed by atoms with Crippen molar-refractivity contribution in [2.24, 2.45) is 4.99 Å². The van der Waals surface area contributed by atoms with Gasteiger partial charge in [-0.2, -0.15) is 13.2 Å². The number of halogens is 3. The first kappa shape index (κ1) is 23.9. The summed E-state index contributed by atoms with van der Waals surface area (Å²) in [4.78, 5) is 24.1. The largest absolute Gasteiger partial charge is 0.416 e. The molecule has 36 heavy (non-hydrogen) atoms. The standard InChI is InChI=1S/C28H27F3N4O/c1-20-10-12-23(13-11-20)35-26(36)25(18-21-6-3-2-4-7-21)32-27(35)34-16-14-33(15-17-34)24-9-5-8-22(19-24)28(29,30)31/h2-13,19,25H,14-18H2,1H3. The van der Waals surface area contributed by atoms with Crippen molar-refractivity contribution in [2.75, 3.05) is 36.0 Å². The fourth-order valence-electron chi connectivity index (χ4n) is 4.67. The third kappa shape index (κ3) is 4.94. The Balaban J connectivity index is 1.37. The lowest BCUT2D eigenvalue weighted by atomic mass is 10.1. The molecule has 1 fully saturated rings. The van der Waals surface area contributed by atoms with Crippen LogP contribution in [0.2, 0.25) is 0 Å². The van der Waals surface area contributed by atoms with E-state index in [-0.39, 0.29) is 5.91 Å². The molecule has 0 aromatic heterocycles. The molecule has 1 unspecified atom stereocenters. The molecule has 0 radical (unpaired) electrons. The molecule has 1 amide bonds. The van der Waals surface area contributed by atoms with Crippen LogP contribution in [0, 0.1) is 6.92 Å². The fraction of sp³-hybridized carbons (Fsp3) is 0.286. The number of alkyl halides is 3. The van der Waals surface area contributed by atoms with E-state index in [2.05, 4.69) is 4.90 Å². The number of nitrogens with zero attached hydrogens (tertiary/aromatic N) is 4. The Kier molecular flexibility index (Phi) is 6.43. The van der Waals surface area contributed by atoms with E-state index in [4.69, 9.17) is 4.99 Å². The second-order valence-corrected chi connectivity index (χ2v) is 9.17. The second-order valence-electron chi connectivity index (χ2n) is 9.17. The Morgan fingerprint density at radius 1 is 0.833 bits per heavy atom. The van der Waals surface area contributed by atoms with E-state index in [1.165, 1.54) is 12.1 Å². The number of aryl methyl sites for hydroxylation is 1. The second kappa shape index (κ2) is 9.68. The molecule has 0 saturated carbocycles. The molecule has 3 aromatic rings. The number of carbonyl (C=O) groups is 1. The first-order chi connectivity index (χ1) is 17.3. The molecule has 5 rings (SSSR count). The summed E-state index contributed by atoms with van der Waals surface area (Å²) in [5.41, 5.74) is 2.80. The van der Waals surface area contributed by atoms with Gasteiger partial charge in [-0.1, -0.05) is 54.1 Å². The number of piperazine rings is 1. The van der Waals surface area contributed by atoms with Crippen LogP contribution in [0.5, 0.6) is 0 Å². The van der Waals surface area contributed by atoms with E-state index in [0.717, 1.165) is 22.9 Å². The van der Waals surface area contributed by atoms with Crippen LogP contribution in [0.1, 0.15) is 16.7 Å². The zero-order valence-electron chi connectivity index (χ0n) is 19.9. The van der Waals surface area contributed by atoms with Gasteiger partial charge in [-0.25, -0.2) is 9.89 Å². The summed E-state index contributed by atoms with van der Waals surface area (Å²) < 4.78 is 39.5. The summed E-state index contributed by atoms with van der Waals surface area (Å²) in [7, 11) is 0. The molecule has 0 bridgehead atoms. The third-order valence-electron chi connectivity index (χ3n) is 6.64. The van der Waals surface area contributed by atoms with E-state index < -0.39 is 17.8 Å². The molecular weight excluding hydrogens is 465 g/mol. The van der Waals surface area contributed by atoms with E-state index in [0.29, 0.717) is 44.2 Å². The zero-order valence-corrected chi connectivity index (χ0v) is 19.9. The van der Waals surface area contributed by atoms with Gasteiger partial charge >= 0.3 is 6.18 Å². The van der Waals surface area contributed by atoms with Gasteiger partial charge in [0.15, 0.2) is 0 Å². The smallest absolute Gasteiger partial charge is 0.368 e. The highest BCUT2D eigenvalue weighted by Crippen LogP contribution is 2.32. The highest BCUT2D eigenvalue weighted by molar-refractivity contribution is 6.22. The average molecular weight is 493 g/mol. The van der Waals surface area contributed by atoms with Crippen molar-refractivity contribution in [1.82, 2.24) is 4.90 Å². The van der Waals surface area contributed by atoms with Crippen molar-refractivity contribution >= 4 is 23.2 Å². The van der Waals surface area contributed by atoms with Crippen LogP contribution in [0.3, 0.4) is 0 Å². The first-order valence-corrected chi connectivity index (χ1v) is 12.0. The summed E-state index contributed by atoms with van der Waals surface area (Å²) in [6, 6.07) is 22.5. The van der Waals surface area contributed by atoms with Crippen LogP contribution in [-0.4, -0.2) is 49.0 Å². The molecule has 5 nitrogen and oxygen atoms in total. The maximum Gasteiger partial charge on any atom is 0.416 e. The van der Waals surface area contributed by atoms with Gasteiger partial charge in [0.2, 0.25) is 5.96 Å². The number of anilines is 2. The predicted octanol–water partition coefficient (Wildman–Crippen LogP) is 5.15. The Morgan fingerprint density at radius 2 is 1.50 bits per heavy atom. The maximum atomic E-state index is 13.5. The molecular formula is C28H27F3N4O.